The van der Waals surface area contributed by atoms with Crippen LogP contribution in [0.3, 0.4) is 0 Å². The van der Waals surface area contributed by atoms with Gasteiger partial charge in [-0.25, -0.2) is 0 Å². The van der Waals surface area contributed by atoms with Crippen molar-refractivity contribution in [1.82, 2.24) is 10.3 Å². The van der Waals surface area contributed by atoms with Crippen molar-refractivity contribution >= 4 is 35.5 Å². The number of hydrogen-bond donors (Lipinski definition) is 3. The lowest BCUT2D eigenvalue weighted by molar-refractivity contribution is 0.0999. The summed E-state index contributed by atoms with van der Waals surface area (Å²) in [5, 5.41) is 14.6. The number of hydrogen-bond acceptors (Lipinski definition) is 3. The first-order valence-corrected chi connectivity index (χ1v) is 9.31. The van der Waals surface area contributed by atoms with Gasteiger partial charge in [0.2, 0.25) is 0 Å². The molecule has 1 aromatic heterocycles. The van der Waals surface area contributed by atoms with Crippen LogP contribution in [0.1, 0.15) is 31.9 Å². The number of rotatable bonds is 7. The molecule has 3 rings (SSSR count). The van der Waals surface area contributed by atoms with E-state index in [1.807, 2.05) is 36.5 Å². The number of para-hydroxylation sites is 1. The number of H-pyrrole nitrogens is 1. The molecule has 1 heterocycles. The minimum Gasteiger partial charge on any atom is -0.490 e. The third-order valence-electron chi connectivity index (χ3n) is 4.29. The average Bonchev–Trinajstić information content (AvgIpc) is 3.12. The zero-order valence-corrected chi connectivity index (χ0v) is 17.4. The highest BCUT2D eigenvalue weighted by molar-refractivity contribution is 5.91. The summed E-state index contributed by atoms with van der Waals surface area (Å²) in [6.07, 6.45) is 5.54. The molecule has 28 heavy (non-hydrogen) atoms. The highest BCUT2D eigenvalue weighted by Gasteiger charge is 2.13. The Kier molecular flexibility index (Phi) is 7.69. The summed E-state index contributed by atoms with van der Waals surface area (Å²) < 4.78 is 5.88. The number of fused-ring (bicyclic) bond motifs is 1. The van der Waals surface area contributed by atoms with Crippen LogP contribution in [0.4, 0.5) is 0 Å². The number of halogens is 1. The number of ether oxygens (including phenoxy) is 1. The molecule has 1 atom stereocenters. The van der Waals surface area contributed by atoms with Crippen molar-refractivity contribution in [3.8, 4) is 5.75 Å². The normalized spacial score (nSPS) is 12.9. The summed E-state index contributed by atoms with van der Waals surface area (Å²) in [6, 6.07) is 16.2. The molecule has 0 aliphatic heterocycles. The van der Waals surface area contributed by atoms with Gasteiger partial charge < -0.3 is 20.1 Å². The average molecular weight is 401 g/mol. The van der Waals surface area contributed by atoms with Gasteiger partial charge in [-0.05, 0) is 44.5 Å². The Morgan fingerprint density at radius 3 is 2.54 bits per heavy atom. The minimum atomic E-state index is -0.560. The fraction of sp³-hybridized carbons (Fsp3) is 0.304. The molecular formula is C23H29ClN2O2. The van der Waals surface area contributed by atoms with Gasteiger partial charge in [0.1, 0.15) is 18.5 Å². The monoisotopic (exact) mass is 400 g/mol. The van der Waals surface area contributed by atoms with Gasteiger partial charge in [0.15, 0.2) is 0 Å². The van der Waals surface area contributed by atoms with Gasteiger partial charge in [-0.2, -0.15) is 0 Å². The van der Waals surface area contributed by atoms with Gasteiger partial charge in [-0.1, -0.05) is 42.5 Å². The Bertz CT molecular complexity index is 912. The lowest BCUT2D eigenvalue weighted by Crippen LogP contribution is -2.42. The van der Waals surface area contributed by atoms with Gasteiger partial charge in [0.25, 0.3) is 0 Å². The Hall–Kier alpha value is -2.27. The van der Waals surface area contributed by atoms with E-state index < -0.39 is 6.10 Å². The number of nitrogens with one attached hydrogen (secondary N) is 2. The van der Waals surface area contributed by atoms with Crippen LogP contribution in [0, 0.1) is 0 Å². The Balaban J connectivity index is 0.00000280. The van der Waals surface area contributed by atoms with Crippen LogP contribution in [-0.4, -0.2) is 34.9 Å². The van der Waals surface area contributed by atoms with Crippen molar-refractivity contribution in [2.75, 3.05) is 13.2 Å². The molecule has 0 fully saturated rings. The van der Waals surface area contributed by atoms with E-state index in [9.17, 15) is 5.11 Å². The highest BCUT2D eigenvalue weighted by Crippen LogP contribution is 2.23. The maximum absolute atomic E-state index is 10.2. The SMILES string of the molecule is CC(C)(C)NCC(O)COc1ccccc1/C=C/c1cccc2[nH]ccc12.Cl. The molecule has 4 nitrogen and oxygen atoms in total. The van der Waals surface area contributed by atoms with Crippen molar-refractivity contribution in [2.24, 2.45) is 0 Å². The summed E-state index contributed by atoms with van der Waals surface area (Å²) >= 11 is 0. The second kappa shape index (κ2) is 9.78. The predicted molar refractivity (Wildman–Crippen MR) is 120 cm³/mol. The van der Waals surface area contributed by atoms with Crippen LogP contribution in [-0.2, 0) is 0 Å². The summed E-state index contributed by atoms with van der Waals surface area (Å²) in [5.74, 6) is 0.768. The number of aromatic nitrogens is 1. The molecule has 3 aromatic rings. The van der Waals surface area contributed by atoms with Crippen LogP contribution in [0.5, 0.6) is 5.75 Å². The van der Waals surface area contributed by atoms with E-state index in [1.54, 1.807) is 0 Å². The number of aliphatic hydroxyl groups is 1. The standard InChI is InChI=1S/C23H28N2O2.ClH/c1-23(2,3)25-15-19(26)16-27-22-10-5-4-7-18(22)12-11-17-8-6-9-21-20(17)13-14-24-21;/h4-14,19,24-26H,15-16H2,1-3H3;1H/b12-11+;. The molecule has 3 N–H and O–H groups in total. The van der Waals surface area contributed by atoms with E-state index >= 15 is 0 Å². The highest BCUT2D eigenvalue weighted by atomic mass is 35.5. The van der Waals surface area contributed by atoms with Crippen LogP contribution in [0.25, 0.3) is 23.1 Å². The molecule has 0 saturated heterocycles. The minimum absolute atomic E-state index is 0. The lowest BCUT2D eigenvalue weighted by Gasteiger charge is -2.23. The number of aliphatic hydroxyl groups excluding tert-OH is 1. The van der Waals surface area contributed by atoms with Crippen LogP contribution >= 0.6 is 12.4 Å². The van der Waals surface area contributed by atoms with E-state index in [1.165, 1.54) is 5.39 Å². The van der Waals surface area contributed by atoms with Crippen molar-refractivity contribution in [3.05, 3.63) is 65.9 Å². The molecule has 0 aliphatic rings. The third-order valence-corrected chi connectivity index (χ3v) is 4.29. The summed E-state index contributed by atoms with van der Waals surface area (Å²) in [4.78, 5) is 3.23. The van der Waals surface area contributed by atoms with Crippen LogP contribution in [0.2, 0.25) is 0 Å². The molecule has 2 aromatic carbocycles. The maximum atomic E-state index is 10.2. The van der Waals surface area contributed by atoms with Crippen molar-refractivity contribution in [3.63, 3.8) is 0 Å². The van der Waals surface area contributed by atoms with Crippen molar-refractivity contribution in [2.45, 2.75) is 32.4 Å². The number of aromatic amines is 1. The summed E-state index contributed by atoms with van der Waals surface area (Å²) in [5.41, 5.74) is 3.23. The van der Waals surface area contributed by atoms with Crippen LogP contribution in [0.15, 0.2) is 54.7 Å². The Labute approximate surface area is 173 Å². The smallest absolute Gasteiger partial charge is 0.126 e. The zero-order chi connectivity index (χ0) is 19.3. The number of β-amino-alcohol motifs (C(OH)–C–C–N with tert-alkyl or cyclic N) is 1. The van der Waals surface area contributed by atoms with E-state index in [-0.39, 0.29) is 24.6 Å². The maximum Gasteiger partial charge on any atom is 0.126 e. The topological polar surface area (TPSA) is 57.3 Å². The molecule has 0 saturated carbocycles. The second-order valence-electron chi connectivity index (χ2n) is 7.75. The van der Waals surface area contributed by atoms with E-state index in [0.717, 1.165) is 22.4 Å². The number of benzene rings is 2. The van der Waals surface area contributed by atoms with Gasteiger partial charge in [-0.15, -0.1) is 12.4 Å². The van der Waals surface area contributed by atoms with Gasteiger partial charge in [0, 0.05) is 34.7 Å². The molecule has 5 heteroatoms. The quantitative estimate of drug-likeness (QED) is 0.495. The zero-order valence-electron chi connectivity index (χ0n) is 16.6. The van der Waals surface area contributed by atoms with Crippen molar-refractivity contribution in [1.29, 1.82) is 0 Å². The fourth-order valence-corrected chi connectivity index (χ4v) is 2.85. The van der Waals surface area contributed by atoms with E-state index in [0.29, 0.717) is 6.54 Å². The van der Waals surface area contributed by atoms with Gasteiger partial charge in [-0.3, -0.25) is 0 Å². The summed E-state index contributed by atoms with van der Waals surface area (Å²) in [6.45, 7) is 6.97. The molecule has 150 valence electrons. The molecular weight excluding hydrogens is 372 g/mol. The fourth-order valence-electron chi connectivity index (χ4n) is 2.85. The van der Waals surface area contributed by atoms with Crippen molar-refractivity contribution < 1.29 is 9.84 Å². The first-order valence-electron chi connectivity index (χ1n) is 9.31. The van der Waals surface area contributed by atoms with Gasteiger partial charge >= 0.3 is 0 Å². The van der Waals surface area contributed by atoms with Gasteiger partial charge in [0.05, 0.1) is 0 Å². The molecule has 1 unspecified atom stereocenters. The van der Waals surface area contributed by atoms with E-state index in [2.05, 4.69) is 61.4 Å². The van der Waals surface area contributed by atoms with Crippen LogP contribution < -0.4 is 10.1 Å². The molecule has 0 amide bonds. The molecule has 0 bridgehead atoms. The molecule has 0 aliphatic carbocycles. The first kappa shape index (κ1) is 22.0. The largest absolute Gasteiger partial charge is 0.490 e. The summed E-state index contributed by atoms with van der Waals surface area (Å²) in [7, 11) is 0. The third kappa shape index (κ3) is 6.13. The Morgan fingerprint density at radius 1 is 1.04 bits per heavy atom. The predicted octanol–water partition coefficient (Wildman–Crippen LogP) is 4.89. The molecule has 0 spiro atoms. The first-order chi connectivity index (χ1) is 12.9. The molecule has 0 radical (unpaired) electrons. The Morgan fingerprint density at radius 2 is 1.75 bits per heavy atom. The lowest BCUT2D eigenvalue weighted by atomic mass is 10.1. The van der Waals surface area contributed by atoms with E-state index in [4.69, 9.17) is 4.74 Å². The second-order valence-corrected chi connectivity index (χ2v) is 7.75.